The van der Waals surface area contributed by atoms with E-state index < -0.39 is 20.8 Å². The molecule has 2 aromatic heterocycles. The van der Waals surface area contributed by atoms with Gasteiger partial charge in [0.25, 0.3) is 0 Å². The number of rotatable bonds is 7. The fourth-order valence-electron chi connectivity index (χ4n) is 6.19. The predicted molar refractivity (Wildman–Crippen MR) is 146 cm³/mol. The molecule has 0 amide bonds. The van der Waals surface area contributed by atoms with Gasteiger partial charge in [0, 0.05) is 48.8 Å². The molecule has 0 aliphatic carbocycles. The summed E-state index contributed by atoms with van der Waals surface area (Å²) in [6, 6.07) is 4.88. The number of nitrogens with one attached hydrogen (secondary N) is 1. The van der Waals surface area contributed by atoms with E-state index in [-0.39, 0.29) is 4.90 Å². The van der Waals surface area contributed by atoms with E-state index in [1.54, 1.807) is 19.9 Å². The van der Waals surface area contributed by atoms with Crippen LogP contribution in [0.15, 0.2) is 41.7 Å². The van der Waals surface area contributed by atoms with Crippen LogP contribution in [-0.4, -0.2) is 56.3 Å². The third-order valence-corrected chi connectivity index (χ3v) is 10.8. The van der Waals surface area contributed by atoms with Gasteiger partial charge < -0.3 is 14.2 Å². The molecular formula is C29H39FN4O2S. The molecule has 0 bridgehead atoms. The van der Waals surface area contributed by atoms with Crippen molar-refractivity contribution in [3.63, 3.8) is 0 Å². The lowest BCUT2D eigenvalue weighted by Gasteiger charge is -2.34. The van der Waals surface area contributed by atoms with E-state index in [1.807, 2.05) is 17.0 Å². The second-order valence-electron chi connectivity index (χ2n) is 11.2. The standard InChI is InChI=1S/C29H39FN4O2S/c1-19(2)37(31,35)28-14-25(30)5-6-26(28)34-18-24(29-20(3)15-32-16-27(29)34)13-22-7-10-33(17-22)21(4)23-8-11-36-12-9-23/h5-6,14-16,18-19,21-23,31H,7-13,17H2,1-4H3/t21-,22+,37-/m0/s1. The lowest BCUT2D eigenvalue weighted by molar-refractivity contribution is 0.0348. The van der Waals surface area contributed by atoms with E-state index in [9.17, 15) is 8.60 Å². The maximum absolute atomic E-state index is 14.3. The molecule has 1 aromatic carbocycles. The van der Waals surface area contributed by atoms with Crippen molar-refractivity contribution in [2.45, 2.75) is 69.6 Å². The molecule has 2 fully saturated rings. The first kappa shape index (κ1) is 26.3. The molecule has 3 aromatic rings. The third-order valence-electron chi connectivity index (χ3n) is 8.50. The van der Waals surface area contributed by atoms with Gasteiger partial charge in [-0.15, -0.1) is 0 Å². The minimum atomic E-state index is -3.19. The van der Waals surface area contributed by atoms with Gasteiger partial charge in [0.05, 0.1) is 32.0 Å². The first-order valence-electron chi connectivity index (χ1n) is 13.5. The van der Waals surface area contributed by atoms with E-state index in [2.05, 4.69) is 29.9 Å². The van der Waals surface area contributed by atoms with Crippen molar-refractivity contribution in [1.29, 1.82) is 4.78 Å². The summed E-state index contributed by atoms with van der Waals surface area (Å²) in [6.07, 6.45) is 10.2. The molecule has 0 saturated carbocycles. The fourth-order valence-corrected chi connectivity index (χ4v) is 7.46. The summed E-state index contributed by atoms with van der Waals surface area (Å²) in [6.45, 7) is 11.9. The summed E-state index contributed by atoms with van der Waals surface area (Å²) in [7, 11) is -3.19. The molecule has 6 nitrogen and oxygen atoms in total. The highest BCUT2D eigenvalue weighted by Gasteiger charge is 2.32. The zero-order valence-corrected chi connectivity index (χ0v) is 23.2. The summed E-state index contributed by atoms with van der Waals surface area (Å²) in [5.41, 5.74) is 3.83. The van der Waals surface area contributed by atoms with Gasteiger partial charge in [-0.05, 0) is 101 Å². The normalized spacial score (nSPS) is 22.1. The molecule has 1 N–H and O–H groups in total. The maximum atomic E-state index is 14.3. The zero-order chi connectivity index (χ0) is 26.3. The number of hydrogen-bond acceptors (Lipinski definition) is 5. The summed E-state index contributed by atoms with van der Waals surface area (Å²) in [4.78, 5) is 7.34. The molecule has 3 atom stereocenters. The minimum Gasteiger partial charge on any atom is -0.381 e. The number of halogens is 1. The molecule has 8 heteroatoms. The van der Waals surface area contributed by atoms with Gasteiger partial charge >= 0.3 is 0 Å². The van der Waals surface area contributed by atoms with Gasteiger partial charge in [-0.1, -0.05) is 0 Å². The number of aryl methyl sites for hydroxylation is 1. The first-order chi connectivity index (χ1) is 17.7. The van der Waals surface area contributed by atoms with E-state index in [4.69, 9.17) is 9.52 Å². The summed E-state index contributed by atoms with van der Waals surface area (Å²) >= 11 is 0. The van der Waals surface area contributed by atoms with Crippen LogP contribution >= 0.6 is 0 Å². The van der Waals surface area contributed by atoms with Crippen molar-refractivity contribution in [3.05, 3.63) is 53.7 Å². The van der Waals surface area contributed by atoms with E-state index in [1.165, 1.54) is 24.1 Å². The molecule has 4 heterocycles. The Morgan fingerprint density at radius 3 is 2.68 bits per heavy atom. The number of benzene rings is 1. The molecule has 5 rings (SSSR count). The quantitative estimate of drug-likeness (QED) is 0.412. The molecule has 2 saturated heterocycles. The highest BCUT2D eigenvalue weighted by molar-refractivity contribution is 7.93. The van der Waals surface area contributed by atoms with Crippen molar-refractivity contribution in [2.75, 3.05) is 26.3 Å². The average Bonchev–Trinajstić information content (AvgIpc) is 3.50. The van der Waals surface area contributed by atoms with Crippen LogP contribution in [0.25, 0.3) is 16.6 Å². The fraction of sp³-hybridized carbons (Fsp3) is 0.552. The van der Waals surface area contributed by atoms with Gasteiger partial charge in [-0.25, -0.2) is 13.4 Å². The molecular weight excluding hydrogens is 487 g/mol. The maximum Gasteiger partial charge on any atom is 0.124 e. The highest BCUT2D eigenvalue weighted by Crippen LogP contribution is 2.35. The molecule has 37 heavy (non-hydrogen) atoms. The second-order valence-corrected chi connectivity index (χ2v) is 13.8. The number of aromatic nitrogens is 2. The number of hydrogen-bond donors (Lipinski definition) is 1. The van der Waals surface area contributed by atoms with Crippen molar-refractivity contribution in [1.82, 2.24) is 14.5 Å². The smallest absolute Gasteiger partial charge is 0.124 e. The van der Waals surface area contributed by atoms with Gasteiger partial charge in [-0.2, -0.15) is 0 Å². The average molecular weight is 527 g/mol. The second kappa shape index (κ2) is 10.5. The summed E-state index contributed by atoms with van der Waals surface area (Å²) in [5.74, 6) is 0.785. The predicted octanol–water partition coefficient (Wildman–Crippen LogP) is 5.97. The molecule has 0 radical (unpaired) electrons. The molecule has 2 aliphatic heterocycles. The van der Waals surface area contributed by atoms with Crippen molar-refractivity contribution < 1.29 is 13.3 Å². The molecule has 0 spiro atoms. The van der Waals surface area contributed by atoms with Gasteiger partial charge in [0.15, 0.2) is 0 Å². The van der Waals surface area contributed by atoms with Crippen LogP contribution in [0.4, 0.5) is 4.39 Å². The number of ether oxygens (including phenoxy) is 1. The van der Waals surface area contributed by atoms with Crippen LogP contribution in [0.5, 0.6) is 0 Å². The Balaban J connectivity index is 1.48. The Bertz CT molecular complexity index is 1380. The SMILES string of the molecule is Cc1cncc2c1c(C[C@H]1CCN([C@@H](C)C3CCOCC3)C1)cn2-c1ccc(F)cc1[S@@](=N)(=O)C(C)C. The van der Waals surface area contributed by atoms with Crippen LogP contribution in [0.3, 0.4) is 0 Å². The number of pyridine rings is 1. The Morgan fingerprint density at radius 1 is 1.19 bits per heavy atom. The third kappa shape index (κ3) is 5.08. The van der Waals surface area contributed by atoms with Crippen LogP contribution < -0.4 is 0 Å². The van der Waals surface area contributed by atoms with Crippen molar-refractivity contribution in [2.24, 2.45) is 11.8 Å². The first-order valence-corrected chi connectivity index (χ1v) is 15.1. The van der Waals surface area contributed by atoms with Crippen LogP contribution in [0, 0.1) is 29.4 Å². The van der Waals surface area contributed by atoms with E-state index in [0.717, 1.165) is 62.0 Å². The van der Waals surface area contributed by atoms with Crippen molar-refractivity contribution in [3.8, 4) is 5.69 Å². The number of nitrogens with zero attached hydrogens (tertiary/aromatic N) is 3. The van der Waals surface area contributed by atoms with Gasteiger partial charge in [-0.3, -0.25) is 4.98 Å². The van der Waals surface area contributed by atoms with E-state index >= 15 is 0 Å². The monoisotopic (exact) mass is 526 g/mol. The summed E-state index contributed by atoms with van der Waals surface area (Å²) < 4.78 is 43.9. The van der Waals surface area contributed by atoms with Gasteiger partial charge in [0.2, 0.25) is 0 Å². The Kier molecular flexibility index (Phi) is 7.44. The molecule has 200 valence electrons. The zero-order valence-electron chi connectivity index (χ0n) is 22.4. The van der Waals surface area contributed by atoms with Crippen molar-refractivity contribution >= 4 is 20.6 Å². The molecule has 2 aliphatic rings. The largest absolute Gasteiger partial charge is 0.381 e. The number of likely N-dealkylation sites (tertiary alicyclic amines) is 1. The van der Waals surface area contributed by atoms with Crippen LogP contribution in [0.2, 0.25) is 0 Å². The molecule has 0 unspecified atom stereocenters. The Labute approximate surface area is 220 Å². The number of fused-ring (bicyclic) bond motifs is 1. The Morgan fingerprint density at radius 2 is 1.95 bits per heavy atom. The highest BCUT2D eigenvalue weighted by atomic mass is 32.2. The van der Waals surface area contributed by atoms with Gasteiger partial charge in [0.1, 0.15) is 5.82 Å². The summed E-state index contributed by atoms with van der Waals surface area (Å²) in [5, 5.41) is 0.721. The van der Waals surface area contributed by atoms with Crippen LogP contribution in [-0.2, 0) is 20.9 Å². The minimum absolute atomic E-state index is 0.241. The van der Waals surface area contributed by atoms with E-state index in [0.29, 0.717) is 23.6 Å². The van der Waals surface area contributed by atoms with Crippen LogP contribution in [0.1, 0.15) is 51.2 Å². The lowest BCUT2D eigenvalue weighted by Crippen LogP contribution is -2.39. The lowest BCUT2D eigenvalue weighted by atomic mass is 9.92. The topological polar surface area (TPSA) is 71.2 Å². The Hall–Kier alpha value is -2.29.